The normalized spacial score (nSPS) is 14.8. The fourth-order valence-electron chi connectivity index (χ4n) is 8.35. The average molecular weight is 667 g/mol. The molecule has 7 aromatic carbocycles. The number of para-hydroxylation sites is 1. The molecule has 4 heteroatoms. The third kappa shape index (κ3) is 4.51. The summed E-state index contributed by atoms with van der Waals surface area (Å²) in [4.78, 5) is 15.4. The standard InChI is InChI=1S/C48H34N4/c1-2-32-17-16-24-36(29-32)48(35-22-10-5-11-23-35)41-27-14-12-25-37(41)39-31-44-40(30-42(39)48)38-26-13-15-28-43(38)52(44)47-50-45(33-18-6-3-7-19-33)49-46(51-47)34-20-8-4-9-21-34/h3-31H,2H2,1H3. The maximum Gasteiger partial charge on any atom is 0.238 e. The highest BCUT2D eigenvalue weighted by atomic mass is 15.2. The second kappa shape index (κ2) is 12.0. The van der Waals surface area contributed by atoms with Crippen LogP contribution in [0.1, 0.15) is 34.7 Å². The van der Waals surface area contributed by atoms with Gasteiger partial charge < -0.3 is 0 Å². The van der Waals surface area contributed by atoms with E-state index in [1.54, 1.807) is 0 Å². The molecule has 1 atom stereocenters. The van der Waals surface area contributed by atoms with Gasteiger partial charge in [-0.1, -0.05) is 165 Å². The minimum absolute atomic E-state index is 0.496. The zero-order valence-corrected chi connectivity index (χ0v) is 28.7. The molecule has 246 valence electrons. The number of aryl methyl sites for hydroxylation is 1. The Bertz CT molecular complexity index is 2710. The maximum absolute atomic E-state index is 5.19. The lowest BCUT2D eigenvalue weighted by Gasteiger charge is -2.34. The Morgan fingerprint density at radius 3 is 1.79 bits per heavy atom. The number of nitrogens with zero attached hydrogens (tertiary/aromatic N) is 4. The third-order valence-corrected chi connectivity index (χ3v) is 10.7. The van der Waals surface area contributed by atoms with Crippen molar-refractivity contribution < 1.29 is 0 Å². The lowest BCUT2D eigenvalue weighted by atomic mass is 9.67. The summed E-state index contributed by atoms with van der Waals surface area (Å²) in [6.45, 7) is 2.23. The summed E-state index contributed by atoms with van der Waals surface area (Å²) in [5.41, 5.74) is 12.4. The first-order chi connectivity index (χ1) is 25.7. The molecule has 52 heavy (non-hydrogen) atoms. The van der Waals surface area contributed by atoms with E-state index >= 15 is 0 Å². The van der Waals surface area contributed by atoms with Gasteiger partial charge in [0.25, 0.3) is 0 Å². The van der Waals surface area contributed by atoms with Crippen LogP contribution in [-0.2, 0) is 11.8 Å². The second-order valence-corrected chi connectivity index (χ2v) is 13.5. The Labute approximate surface area is 302 Å². The number of hydrogen-bond donors (Lipinski definition) is 0. The smallest absolute Gasteiger partial charge is 0.238 e. The molecule has 0 saturated carbocycles. The Morgan fingerprint density at radius 1 is 0.462 bits per heavy atom. The number of fused-ring (bicyclic) bond motifs is 6. The van der Waals surface area contributed by atoms with Crippen molar-refractivity contribution in [2.24, 2.45) is 0 Å². The van der Waals surface area contributed by atoms with Crippen LogP contribution < -0.4 is 0 Å². The average Bonchev–Trinajstić information content (AvgIpc) is 3.71. The molecule has 9 aromatic rings. The molecule has 0 radical (unpaired) electrons. The van der Waals surface area contributed by atoms with E-state index in [9.17, 15) is 0 Å². The first kappa shape index (κ1) is 30.2. The van der Waals surface area contributed by atoms with Crippen molar-refractivity contribution in [2.75, 3.05) is 0 Å². The molecule has 10 rings (SSSR count). The molecule has 1 aliphatic carbocycles. The van der Waals surface area contributed by atoms with Gasteiger partial charge in [-0.05, 0) is 63.6 Å². The predicted molar refractivity (Wildman–Crippen MR) is 212 cm³/mol. The maximum atomic E-state index is 5.19. The summed E-state index contributed by atoms with van der Waals surface area (Å²) in [5, 5.41) is 2.32. The van der Waals surface area contributed by atoms with Crippen LogP contribution >= 0.6 is 0 Å². The highest BCUT2D eigenvalue weighted by Gasteiger charge is 2.46. The summed E-state index contributed by atoms with van der Waals surface area (Å²) in [7, 11) is 0. The first-order valence-corrected chi connectivity index (χ1v) is 17.9. The molecule has 0 amide bonds. The van der Waals surface area contributed by atoms with Crippen LogP contribution in [-0.4, -0.2) is 19.5 Å². The van der Waals surface area contributed by atoms with Gasteiger partial charge in [0.2, 0.25) is 5.95 Å². The molecular formula is C48H34N4. The molecule has 0 saturated heterocycles. The van der Waals surface area contributed by atoms with Crippen molar-refractivity contribution in [3.8, 4) is 39.9 Å². The van der Waals surface area contributed by atoms with Crippen LogP contribution in [0.2, 0.25) is 0 Å². The van der Waals surface area contributed by atoms with Gasteiger partial charge >= 0.3 is 0 Å². The molecule has 2 aromatic heterocycles. The molecule has 1 aliphatic rings. The number of benzene rings is 7. The lowest BCUT2D eigenvalue weighted by molar-refractivity contribution is 0.767. The molecular weight excluding hydrogens is 633 g/mol. The van der Waals surface area contributed by atoms with Gasteiger partial charge in [-0.15, -0.1) is 0 Å². The topological polar surface area (TPSA) is 43.6 Å². The molecule has 0 bridgehead atoms. The summed E-state index contributed by atoms with van der Waals surface area (Å²) in [6.07, 6.45) is 0.974. The molecule has 0 spiro atoms. The SMILES string of the molecule is CCc1cccc(C2(c3ccccc3)c3ccccc3-c3cc4c(cc32)c2ccccc2n4-c2nc(-c3ccccc3)nc(-c3ccccc3)n2)c1. The Kier molecular flexibility index (Phi) is 6.97. The molecule has 0 N–H and O–H groups in total. The highest BCUT2D eigenvalue weighted by molar-refractivity contribution is 6.11. The Hall–Kier alpha value is -6.65. The third-order valence-electron chi connectivity index (χ3n) is 10.7. The van der Waals surface area contributed by atoms with Gasteiger partial charge in [0.15, 0.2) is 11.6 Å². The molecule has 4 nitrogen and oxygen atoms in total. The van der Waals surface area contributed by atoms with Crippen molar-refractivity contribution in [3.63, 3.8) is 0 Å². The predicted octanol–water partition coefficient (Wildman–Crippen LogP) is 11.2. The molecule has 1 unspecified atom stereocenters. The van der Waals surface area contributed by atoms with Gasteiger partial charge in [0.05, 0.1) is 16.4 Å². The van der Waals surface area contributed by atoms with Crippen molar-refractivity contribution in [2.45, 2.75) is 18.8 Å². The summed E-state index contributed by atoms with van der Waals surface area (Å²) in [5.74, 6) is 1.87. The number of rotatable bonds is 6. The van der Waals surface area contributed by atoms with Gasteiger partial charge in [0, 0.05) is 21.9 Å². The van der Waals surface area contributed by atoms with Crippen LogP contribution in [0.5, 0.6) is 0 Å². The number of hydrogen-bond acceptors (Lipinski definition) is 3. The zero-order valence-electron chi connectivity index (χ0n) is 28.7. The van der Waals surface area contributed by atoms with Crippen molar-refractivity contribution in [1.82, 2.24) is 19.5 Å². The largest absolute Gasteiger partial charge is 0.278 e. The van der Waals surface area contributed by atoms with Crippen LogP contribution in [0.4, 0.5) is 0 Å². The van der Waals surface area contributed by atoms with E-state index in [0.29, 0.717) is 17.6 Å². The van der Waals surface area contributed by atoms with E-state index < -0.39 is 5.41 Å². The second-order valence-electron chi connectivity index (χ2n) is 13.5. The van der Waals surface area contributed by atoms with Crippen LogP contribution in [0.25, 0.3) is 61.7 Å². The van der Waals surface area contributed by atoms with Crippen LogP contribution in [0.3, 0.4) is 0 Å². The van der Waals surface area contributed by atoms with E-state index in [1.807, 2.05) is 36.4 Å². The first-order valence-electron chi connectivity index (χ1n) is 17.9. The monoisotopic (exact) mass is 666 g/mol. The quantitative estimate of drug-likeness (QED) is 0.177. The summed E-state index contributed by atoms with van der Waals surface area (Å²) in [6, 6.07) is 63.0. The van der Waals surface area contributed by atoms with E-state index in [4.69, 9.17) is 15.0 Å². The number of aromatic nitrogens is 4. The zero-order chi connectivity index (χ0) is 34.6. The van der Waals surface area contributed by atoms with Gasteiger partial charge in [-0.3, -0.25) is 4.57 Å². The minimum atomic E-state index is -0.496. The van der Waals surface area contributed by atoms with Crippen molar-refractivity contribution in [1.29, 1.82) is 0 Å². The van der Waals surface area contributed by atoms with Gasteiger partial charge in [-0.25, -0.2) is 4.98 Å². The molecule has 0 aliphatic heterocycles. The van der Waals surface area contributed by atoms with E-state index in [1.165, 1.54) is 38.9 Å². The lowest BCUT2D eigenvalue weighted by Crippen LogP contribution is -2.28. The minimum Gasteiger partial charge on any atom is -0.278 e. The van der Waals surface area contributed by atoms with Gasteiger partial charge in [0.1, 0.15) is 0 Å². The van der Waals surface area contributed by atoms with Crippen LogP contribution in [0.15, 0.2) is 176 Å². The van der Waals surface area contributed by atoms with Crippen molar-refractivity contribution in [3.05, 3.63) is 204 Å². The molecule has 2 heterocycles. The fourth-order valence-corrected chi connectivity index (χ4v) is 8.35. The van der Waals surface area contributed by atoms with Crippen LogP contribution in [0, 0.1) is 0 Å². The van der Waals surface area contributed by atoms with E-state index in [0.717, 1.165) is 39.4 Å². The van der Waals surface area contributed by atoms with E-state index in [-0.39, 0.29) is 0 Å². The Balaban J connectivity index is 1.32. The highest BCUT2D eigenvalue weighted by Crippen LogP contribution is 2.57. The van der Waals surface area contributed by atoms with Crippen molar-refractivity contribution >= 4 is 21.8 Å². The summed E-state index contributed by atoms with van der Waals surface area (Å²) >= 11 is 0. The summed E-state index contributed by atoms with van der Waals surface area (Å²) < 4.78 is 2.23. The van der Waals surface area contributed by atoms with E-state index in [2.05, 4.69) is 151 Å². The Morgan fingerprint density at radius 2 is 1.08 bits per heavy atom. The molecule has 0 fully saturated rings. The fraction of sp³-hybridized carbons (Fsp3) is 0.0625. The van der Waals surface area contributed by atoms with Gasteiger partial charge in [-0.2, -0.15) is 9.97 Å².